The molecule has 0 aliphatic rings. The summed E-state index contributed by atoms with van der Waals surface area (Å²) in [4.78, 5) is 15.1. The number of carbonyl (C=O) groups is 1. The van der Waals surface area contributed by atoms with Gasteiger partial charge in [-0.15, -0.1) is 0 Å². The normalized spacial score (nSPS) is 11.3. The Kier molecular flexibility index (Phi) is 5.37. The van der Waals surface area contributed by atoms with E-state index in [1.54, 1.807) is 24.3 Å². The number of carboxylic acid groups (broad SMARTS) is 1. The second kappa shape index (κ2) is 8.05. The van der Waals surface area contributed by atoms with E-state index in [4.69, 9.17) is 5.11 Å². The van der Waals surface area contributed by atoms with Crippen LogP contribution in [-0.2, 0) is 0 Å². The number of aryl methyl sites for hydroxylation is 1. The molecule has 0 radical (unpaired) electrons. The summed E-state index contributed by atoms with van der Waals surface area (Å²) in [5.74, 6) is -0.958. The van der Waals surface area contributed by atoms with Gasteiger partial charge in [0.1, 0.15) is 5.75 Å². The largest absolute Gasteiger partial charge is 0.507 e. The molecule has 2 N–H and O–H groups in total. The number of aromatic hydroxyl groups is 1. The van der Waals surface area contributed by atoms with Crippen molar-refractivity contribution in [1.82, 2.24) is 0 Å². The molecule has 3 aromatic rings. The molecule has 134 valence electrons. The molecule has 3 aromatic carbocycles. The van der Waals surface area contributed by atoms with E-state index in [1.165, 1.54) is 24.4 Å². The van der Waals surface area contributed by atoms with Gasteiger partial charge in [-0.3, -0.25) is 4.99 Å². The summed E-state index contributed by atoms with van der Waals surface area (Å²) in [5, 5.41) is 27.3. The minimum absolute atomic E-state index is 0.0293. The summed E-state index contributed by atoms with van der Waals surface area (Å²) in [5.41, 5.74) is 3.66. The maximum absolute atomic E-state index is 10.8. The Labute approximate surface area is 156 Å². The van der Waals surface area contributed by atoms with E-state index < -0.39 is 5.97 Å². The lowest BCUT2D eigenvalue weighted by atomic mass is 10.2. The quantitative estimate of drug-likeness (QED) is 0.461. The number of aliphatic imine (C=N–C) groups is 1. The van der Waals surface area contributed by atoms with Gasteiger partial charge in [0, 0.05) is 17.8 Å². The highest BCUT2D eigenvalue weighted by molar-refractivity contribution is 5.89. The molecule has 0 saturated heterocycles. The highest BCUT2D eigenvalue weighted by atomic mass is 16.4. The van der Waals surface area contributed by atoms with Crippen LogP contribution in [0.3, 0.4) is 0 Å². The van der Waals surface area contributed by atoms with Crippen LogP contribution in [-0.4, -0.2) is 22.4 Å². The average Bonchev–Trinajstić information content (AvgIpc) is 2.66. The monoisotopic (exact) mass is 359 g/mol. The number of aromatic carboxylic acids is 1. The standard InChI is InChI=1S/C21H17N3O3/c1-14-3-2-4-18(11-14)23-24-19-10-7-16(20(25)12-19)13-22-17-8-5-15(6-9-17)21(26)27/h2-13,25H,1H3,(H,26,27). The Bertz CT molecular complexity index is 1030. The van der Waals surface area contributed by atoms with Crippen LogP contribution in [0.2, 0.25) is 0 Å². The van der Waals surface area contributed by atoms with Gasteiger partial charge in [0.2, 0.25) is 0 Å². The van der Waals surface area contributed by atoms with Crippen molar-refractivity contribution in [3.8, 4) is 5.75 Å². The Morgan fingerprint density at radius 3 is 2.19 bits per heavy atom. The van der Waals surface area contributed by atoms with Crippen LogP contribution in [0.5, 0.6) is 5.75 Å². The zero-order chi connectivity index (χ0) is 19.2. The maximum atomic E-state index is 10.8. The minimum Gasteiger partial charge on any atom is -0.507 e. The first-order valence-corrected chi connectivity index (χ1v) is 8.20. The molecule has 0 saturated carbocycles. The third kappa shape index (κ3) is 4.85. The van der Waals surface area contributed by atoms with Gasteiger partial charge in [0.15, 0.2) is 0 Å². The first-order chi connectivity index (χ1) is 13.0. The zero-order valence-corrected chi connectivity index (χ0v) is 14.6. The Hall–Kier alpha value is -3.80. The Balaban J connectivity index is 1.73. The lowest BCUT2D eigenvalue weighted by Crippen LogP contribution is -1.94. The van der Waals surface area contributed by atoms with Gasteiger partial charge in [-0.25, -0.2) is 4.79 Å². The number of nitrogens with zero attached hydrogens (tertiary/aromatic N) is 3. The molecule has 0 atom stereocenters. The number of carboxylic acids is 1. The van der Waals surface area contributed by atoms with Crippen molar-refractivity contribution in [2.24, 2.45) is 15.2 Å². The molecular formula is C21H17N3O3. The van der Waals surface area contributed by atoms with E-state index in [9.17, 15) is 9.90 Å². The lowest BCUT2D eigenvalue weighted by Gasteiger charge is -2.01. The van der Waals surface area contributed by atoms with Gasteiger partial charge >= 0.3 is 5.97 Å². The van der Waals surface area contributed by atoms with Gasteiger partial charge in [0.25, 0.3) is 0 Å². The molecule has 27 heavy (non-hydrogen) atoms. The number of phenols is 1. The summed E-state index contributed by atoms with van der Waals surface area (Å²) >= 11 is 0. The lowest BCUT2D eigenvalue weighted by molar-refractivity contribution is 0.0697. The zero-order valence-electron chi connectivity index (χ0n) is 14.6. The molecule has 0 aliphatic heterocycles. The van der Waals surface area contributed by atoms with Crippen molar-refractivity contribution < 1.29 is 15.0 Å². The number of benzene rings is 3. The summed E-state index contributed by atoms with van der Waals surface area (Å²) in [7, 11) is 0. The van der Waals surface area contributed by atoms with E-state index in [0.29, 0.717) is 16.9 Å². The highest BCUT2D eigenvalue weighted by Crippen LogP contribution is 2.25. The van der Waals surface area contributed by atoms with Gasteiger partial charge in [0.05, 0.1) is 22.6 Å². The molecule has 0 aromatic heterocycles. The van der Waals surface area contributed by atoms with Crippen LogP contribution >= 0.6 is 0 Å². The van der Waals surface area contributed by atoms with Crippen molar-refractivity contribution in [2.45, 2.75) is 6.92 Å². The fourth-order valence-electron chi connectivity index (χ4n) is 2.34. The fourth-order valence-corrected chi connectivity index (χ4v) is 2.34. The molecule has 0 unspecified atom stereocenters. The molecule has 6 nitrogen and oxygen atoms in total. The SMILES string of the molecule is Cc1cccc(N=Nc2ccc(C=Nc3ccc(C(=O)O)cc3)c(O)c2)c1. The third-order valence-corrected chi connectivity index (χ3v) is 3.76. The predicted octanol–water partition coefficient (Wildman–Crippen LogP) is 5.56. The number of rotatable bonds is 5. The first-order valence-electron chi connectivity index (χ1n) is 8.20. The number of hydrogen-bond acceptors (Lipinski definition) is 5. The Morgan fingerprint density at radius 2 is 1.56 bits per heavy atom. The molecule has 0 bridgehead atoms. The molecule has 0 heterocycles. The van der Waals surface area contributed by atoms with Crippen molar-refractivity contribution in [3.63, 3.8) is 0 Å². The molecular weight excluding hydrogens is 342 g/mol. The van der Waals surface area contributed by atoms with Crippen LogP contribution in [0.4, 0.5) is 17.1 Å². The van der Waals surface area contributed by atoms with Crippen LogP contribution in [0.25, 0.3) is 0 Å². The van der Waals surface area contributed by atoms with E-state index in [2.05, 4.69) is 15.2 Å². The molecule has 6 heteroatoms. The van der Waals surface area contributed by atoms with Gasteiger partial charge in [-0.1, -0.05) is 12.1 Å². The van der Waals surface area contributed by atoms with Crippen LogP contribution in [0.15, 0.2) is 82.0 Å². The van der Waals surface area contributed by atoms with Gasteiger partial charge in [-0.05, 0) is 61.0 Å². The third-order valence-electron chi connectivity index (χ3n) is 3.76. The highest BCUT2D eigenvalue weighted by Gasteiger charge is 2.02. The molecule has 0 aliphatic carbocycles. The van der Waals surface area contributed by atoms with Crippen molar-refractivity contribution in [1.29, 1.82) is 0 Å². The second-order valence-electron chi connectivity index (χ2n) is 5.89. The molecule has 3 rings (SSSR count). The van der Waals surface area contributed by atoms with Gasteiger partial charge in [-0.2, -0.15) is 10.2 Å². The number of phenolic OH excluding ortho intramolecular Hbond substituents is 1. The van der Waals surface area contributed by atoms with E-state index in [0.717, 1.165) is 11.3 Å². The summed E-state index contributed by atoms with van der Waals surface area (Å²) < 4.78 is 0. The smallest absolute Gasteiger partial charge is 0.335 e. The number of hydrogen-bond donors (Lipinski definition) is 2. The van der Waals surface area contributed by atoms with Crippen molar-refractivity contribution in [2.75, 3.05) is 0 Å². The van der Waals surface area contributed by atoms with E-state index >= 15 is 0 Å². The Morgan fingerprint density at radius 1 is 0.889 bits per heavy atom. The topological polar surface area (TPSA) is 94.6 Å². The minimum atomic E-state index is -0.987. The average molecular weight is 359 g/mol. The maximum Gasteiger partial charge on any atom is 0.335 e. The molecule has 0 spiro atoms. The summed E-state index contributed by atoms with van der Waals surface area (Å²) in [6.07, 6.45) is 1.51. The van der Waals surface area contributed by atoms with E-state index in [-0.39, 0.29) is 11.3 Å². The molecule has 0 amide bonds. The van der Waals surface area contributed by atoms with Gasteiger partial charge < -0.3 is 10.2 Å². The van der Waals surface area contributed by atoms with E-state index in [1.807, 2.05) is 31.2 Å². The first kappa shape index (κ1) is 18.0. The predicted molar refractivity (Wildman–Crippen MR) is 104 cm³/mol. The van der Waals surface area contributed by atoms with Crippen molar-refractivity contribution >= 4 is 29.2 Å². The van der Waals surface area contributed by atoms with Crippen LogP contribution < -0.4 is 0 Å². The summed E-state index contributed by atoms with van der Waals surface area (Å²) in [6.45, 7) is 1.98. The van der Waals surface area contributed by atoms with Crippen LogP contribution in [0, 0.1) is 6.92 Å². The number of azo groups is 1. The fraction of sp³-hybridized carbons (Fsp3) is 0.0476. The second-order valence-corrected chi connectivity index (χ2v) is 5.89. The van der Waals surface area contributed by atoms with Crippen LogP contribution in [0.1, 0.15) is 21.5 Å². The molecule has 0 fully saturated rings. The summed E-state index contributed by atoms with van der Waals surface area (Å²) in [6, 6.07) is 18.7. The van der Waals surface area contributed by atoms with Crippen molar-refractivity contribution in [3.05, 3.63) is 83.4 Å².